The van der Waals surface area contributed by atoms with E-state index >= 15 is 0 Å². The summed E-state index contributed by atoms with van der Waals surface area (Å²) in [4.78, 5) is 23.4. The third kappa shape index (κ3) is 4.66. The number of amides is 2. The quantitative estimate of drug-likeness (QED) is 0.647. The fraction of sp³-hybridized carbons (Fsp3) is 0.217. The van der Waals surface area contributed by atoms with Gasteiger partial charge in [0.05, 0.1) is 0 Å². The van der Waals surface area contributed by atoms with Gasteiger partial charge in [-0.15, -0.1) is 0 Å². The molecule has 0 bridgehead atoms. The van der Waals surface area contributed by atoms with Crippen molar-refractivity contribution >= 4 is 23.2 Å². The van der Waals surface area contributed by atoms with Crippen molar-refractivity contribution in [3.8, 4) is 5.75 Å². The molecule has 0 atom stereocenters. The second-order valence-electron chi connectivity index (χ2n) is 7.05. The zero-order valence-corrected chi connectivity index (χ0v) is 16.2. The van der Waals surface area contributed by atoms with Crippen molar-refractivity contribution in [1.29, 1.82) is 0 Å². The van der Waals surface area contributed by atoms with Crippen molar-refractivity contribution in [3.05, 3.63) is 77.2 Å². The average Bonchev–Trinajstić information content (AvgIpc) is 3.36. The average molecular weight is 390 g/mol. The SMILES string of the molecule is CC(=O)Nc1ccc(NC(=O)c2ccc(COc3ccc4c(c3)CCC4)o2)cc1. The highest BCUT2D eigenvalue weighted by Gasteiger charge is 2.14. The Morgan fingerprint density at radius 1 is 0.931 bits per heavy atom. The molecule has 0 saturated heterocycles. The number of anilines is 2. The van der Waals surface area contributed by atoms with Crippen LogP contribution in [0.15, 0.2) is 59.0 Å². The maximum atomic E-state index is 12.4. The summed E-state index contributed by atoms with van der Waals surface area (Å²) in [6.45, 7) is 1.70. The molecule has 4 rings (SSSR count). The van der Waals surface area contributed by atoms with E-state index in [0.717, 1.165) is 18.6 Å². The predicted molar refractivity (Wildman–Crippen MR) is 110 cm³/mol. The molecule has 3 aromatic rings. The molecular formula is C23H22N2O4. The Bertz CT molecular complexity index is 1040. The molecule has 29 heavy (non-hydrogen) atoms. The molecule has 2 N–H and O–H groups in total. The number of furan rings is 1. The van der Waals surface area contributed by atoms with E-state index in [0.29, 0.717) is 17.1 Å². The van der Waals surface area contributed by atoms with E-state index in [1.807, 2.05) is 6.07 Å². The van der Waals surface area contributed by atoms with Crippen LogP contribution in [0.2, 0.25) is 0 Å². The van der Waals surface area contributed by atoms with Gasteiger partial charge in [0.2, 0.25) is 5.91 Å². The highest BCUT2D eigenvalue weighted by molar-refractivity contribution is 6.02. The monoisotopic (exact) mass is 390 g/mol. The Kier molecular flexibility index (Phi) is 5.33. The second kappa shape index (κ2) is 8.22. The smallest absolute Gasteiger partial charge is 0.291 e. The lowest BCUT2D eigenvalue weighted by Crippen LogP contribution is -2.11. The number of carbonyl (C=O) groups excluding carboxylic acids is 2. The van der Waals surface area contributed by atoms with Gasteiger partial charge in [-0.3, -0.25) is 9.59 Å². The lowest BCUT2D eigenvalue weighted by Gasteiger charge is -2.07. The summed E-state index contributed by atoms with van der Waals surface area (Å²) in [7, 11) is 0. The fourth-order valence-electron chi connectivity index (χ4n) is 3.40. The van der Waals surface area contributed by atoms with E-state index < -0.39 is 0 Å². The van der Waals surface area contributed by atoms with E-state index in [-0.39, 0.29) is 24.2 Å². The van der Waals surface area contributed by atoms with Crippen molar-refractivity contribution in [3.63, 3.8) is 0 Å². The molecule has 0 radical (unpaired) electrons. The first kappa shape index (κ1) is 18.8. The lowest BCUT2D eigenvalue weighted by atomic mass is 10.1. The van der Waals surface area contributed by atoms with Gasteiger partial charge in [0.25, 0.3) is 5.91 Å². The number of hydrogen-bond donors (Lipinski definition) is 2. The van der Waals surface area contributed by atoms with E-state index in [2.05, 4.69) is 22.8 Å². The van der Waals surface area contributed by atoms with Gasteiger partial charge >= 0.3 is 0 Å². The number of carbonyl (C=O) groups is 2. The van der Waals surface area contributed by atoms with Crippen LogP contribution < -0.4 is 15.4 Å². The zero-order valence-electron chi connectivity index (χ0n) is 16.2. The normalized spacial score (nSPS) is 12.3. The van der Waals surface area contributed by atoms with Gasteiger partial charge < -0.3 is 19.8 Å². The standard InChI is InChI=1S/C23H22N2O4/c1-15(26)24-18-6-8-19(9-7-18)25-23(27)22-12-11-21(29-22)14-28-20-10-5-16-3-2-4-17(16)13-20/h5-13H,2-4,14H2,1H3,(H,24,26)(H,25,27). The predicted octanol–water partition coefficient (Wildman–Crippen LogP) is 4.56. The van der Waals surface area contributed by atoms with Crippen LogP contribution >= 0.6 is 0 Å². The van der Waals surface area contributed by atoms with Crippen LogP contribution in [0.4, 0.5) is 11.4 Å². The third-order valence-corrected chi connectivity index (χ3v) is 4.80. The summed E-state index contributed by atoms with van der Waals surface area (Å²) in [6, 6.07) is 16.4. The molecule has 6 nitrogen and oxygen atoms in total. The minimum atomic E-state index is -0.346. The molecule has 0 spiro atoms. The summed E-state index contributed by atoms with van der Waals surface area (Å²) in [5, 5.41) is 5.45. The maximum Gasteiger partial charge on any atom is 0.291 e. The summed E-state index contributed by atoms with van der Waals surface area (Å²) in [5.41, 5.74) is 4.03. The molecule has 1 aliphatic rings. The minimum Gasteiger partial charge on any atom is -0.486 e. The van der Waals surface area contributed by atoms with Crippen LogP contribution in [0.5, 0.6) is 5.75 Å². The second-order valence-corrected chi connectivity index (χ2v) is 7.05. The highest BCUT2D eigenvalue weighted by atomic mass is 16.5. The van der Waals surface area contributed by atoms with Crippen molar-refractivity contribution < 1.29 is 18.7 Å². The molecular weight excluding hydrogens is 368 g/mol. The first-order valence-corrected chi connectivity index (χ1v) is 9.59. The summed E-state index contributed by atoms with van der Waals surface area (Å²) >= 11 is 0. The molecule has 0 unspecified atom stereocenters. The highest BCUT2D eigenvalue weighted by Crippen LogP contribution is 2.26. The Morgan fingerprint density at radius 2 is 1.66 bits per heavy atom. The molecule has 2 amide bonds. The molecule has 0 aliphatic heterocycles. The number of aryl methyl sites for hydroxylation is 2. The van der Waals surface area contributed by atoms with Crippen LogP contribution in [-0.2, 0) is 24.2 Å². The number of fused-ring (bicyclic) bond motifs is 1. The van der Waals surface area contributed by atoms with Gasteiger partial charge in [0.15, 0.2) is 5.76 Å². The van der Waals surface area contributed by atoms with Crippen molar-refractivity contribution in [2.75, 3.05) is 10.6 Å². The molecule has 0 saturated carbocycles. The van der Waals surface area contributed by atoms with Crippen LogP contribution in [0, 0.1) is 0 Å². The number of nitrogens with one attached hydrogen (secondary N) is 2. The molecule has 1 heterocycles. The van der Waals surface area contributed by atoms with Gasteiger partial charge in [-0.2, -0.15) is 0 Å². The summed E-state index contributed by atoms with van der Waals surface area (Å²) in [6.07, 6.45) is 3.44. The minimum absolute atomic E-state index is 0.146. The fourth-order valence-corrected chi connectivity index (χ4v) is 3.40. The molecule has 2 aromatic carbocycles. The topological polar surface area (TPSA) is 80.6 Å². The molecule has 1 aromatic heterocycles. The van der Waals surface area contributed by atoms with Crippen LogP contribution in [-0.4, -0.2) is 11.8 Å². The number of ether oxygens (including phenoxy) is 1. The zero-order chi connectivity index (χ0) is 20.2. The largest absolute Gasteiger partial charge is 0.486 e. The molecule has 0 fully saturated rings. The Balaban J connectivity index is 1.33. The Labute approximate surface area is 168 Å². The first-order chi connectivity index (χ1) is 14.1. The number of rotatable bonds is 6. The molecule has 1 aliphatic carbocycles. The van der Waals surface area contributed by atoms with Gasteiger partial charge in [-0.25, -0.2) is 0 Å². The first-order valence-electron chi connectivity index (χ1n) is 9.59. The van der Waals surface area contributed by atoms with E-state index in [9.17, 15) is 9.59 Å². The van der Waals surface area contributed by atoms with Crippen LogP contribution in [0.3, 0.4) is 0 Å². The number of benzene rings is 2. The molecule has 148 valence electrons. The van der Waals surface area contributed by atoms with Crippen molar-refractivity contribution in [2.45, 2.75) is 32.8 Å². The Hall–Kier alpha value is -3.54. The lowest BCUT2D eigenvalue weighted by molar-refractivity contribution is -0.114. The Morgan fingerprint density at radius 3 is 2.41 bits per heavy atom. The van der Waals surface area contributed by atoms with Gasteiger partial charge in [0, 0.05) is 18.3 Å². The summed E-state index contributed by atoms with van der Waals surface area (Å²) in [5.74, 6) is 1.11. The van der Waals surface area contributed by atoms with Crippen LogP contribution in [0.25, 0.3) is 0 Å². The third-order valence-electron chi connectivity index (χ3n) is 4.80. The molecule has 6 heteroatoms. The van der Waals surface area contributed by atoms with Crippen molar-refractivity contribution in [1.82, 2.24) is 0 Å². The summed E-state index contributed by atoms with van der Waals surface area (Å²) < 4.78 is 11.4. The van der Waals surface area contributed by atoms with Crippen molar-refractivity contribution in [2.24, 2.45) is 0 Å². The van der Waals surface area contributed by atoms with Crippen LogP contribution in [0.1, 0.15) is 40.8 Å². The maximum absolute atomic E-state index is 12.4. The van der Waals surface area contributed by atoms with Gasteiger partial charge in [-0.1, -0.05) is 6.07 Å². The van der Waals surface area contributed by atoms with E-state index in [1.165, 1.54) is 24.5 Å². The van der Waals surface area contributed by atoms with Gasteiger partial charge in [-0.05, 0) is 78.9 Å². The van der Waals surface area contributed by atoms with E-state index in [4.69, 9.17) is 9.15 Å². The van der Waals surface area contributed by atoms with E-state index in [1.54, 1.807) is 36.4 Å². The number of hydrogen-bond acceptors (Lipinski definition) is 4. The van der Waals surface area contributed by atoms with Gasteiger partial charge in [0.1, 0.15) is 18.1 Å².